The van der Waals surface area contributed by atoms with Crippen molar-refractivity contribution in [2.24, 2.45) is 5.92 Å². The van der Waals surface area contributed by atoms with Gasteiger partial charge in [-0.25, -0.2) is 0 Å². The molecule has 1 N–H and O–H groups in total. The van der Waals surface area contributed by atoms with Crippen molar-refractivity contribution in [1.29, 1.82) is 0 Å². The van der Waals surface area contributed by atoms with Crippen molar-refractivity contribution >= 4 is 0 Å². The van der Waals surface area contributed by atoms with Crippen LogP contribution >= 0.6 is 0 Å². The first kappa shape index (κ1) is 11.3. The molecule has 1 heteroatoms. The van der Waals surface area contributed by atoms with E-state index >= 15 is 0 Å². The minimum atomic E-state index is 0.795. The van der Waals surface area contributed by atoms with Gasteiger partial charge >= 0.3 is 0 Å². The van der Waals surface area contributed by atoms with Gasteiger partial charge in [-0.15, -0.1) is 0 Å². The molecule has 0 radical (unpaired) electrons. The Kier molecular flexibility index (Phi) is 5.31. The zero-order chi connectivity index (χ0) is 10.2. The second kappa shape index (κ2) is 6.61. The largest absolute Gasteiger partial charge is 0.312 e. The Bertz CT molecular complexity index is 230. The Labute approximate surface area is 87.5 Å². The number of rotatable bonds is 6. The van der Waals surface area contributed by atoms with E-state index in [-0.39, 0.29) is 0 Å². The second-order valence-corrected chi connectivity index (χ2v) is 4.01. The molecule has 14 heavy (non-hydrogen) atoms. The molecule has 1 rings (SSSR count). The molecule has 0 aliphatic rings. The van der Waals surface area contributed by atoms with Gasteiger partial charge in [-0.1, -0.05) is 50.6 Å². The maximum absolute atomic E-state index is 3.49. The maximum Gasteiger partial charge on any atom is 0.0205 e. The zero-order valence-corrected chi connectivity index (χ0v) is 9.29. The smallest absolute Gasteiger partial charge is 0.0205 e. The van der Waals surface area contributed by atoms with Crippen molar-refractivity contribution < 1.29 is 0 Å². The fraction of sp³-hybridized carbons (Fsp3) is 0.538. The SMILES string of the molecule is CCCC(C)CNCc1ccccc1. The standard InChI is InChI=1S/C13H21N/c1-3-7-12(2)10-14-11-13-8-5-4-6-9-13/h4-6,8-9,12,14H,3,7,10-11H2,1-2H3. The number of hydrogen-bond donors (Lipinski definition) is 1. The van der Waals surface area contributed by atoms with Gasteiger partial charge in [-0.3, -0.25) is 0 Å². The van der Waals surface area contributed by atoms with Crippen LogP contribution < -0.4 is 5.32 Å². The van der Waals surface area contributed by atoms with Crippen molar-refractivity contribution in [3.05, 3.63) is 35.9 Å². The molecule has 0 bridgehead atoms. The summed E-state index contributed by atoms with van der Waals surface area (Å²) < 4.78 is 0. The molecule has 1 aromatic rings. The molecular formula is C13H21N. The Morgan fingerprint density at radius 1 is 1.21 bits per heavy atom. The molecule has 0 saturated carbocycles. The molecule has 0 aliphatic heterocycles. The molecule has 0 fully saturated rings. The molecule has 0 amide bonds. The minimum Gasteiger partial charge on any atom is -0.312 e. The zero-order valence-electron chi connectivity index (χ0n) is 9.29. The van der Waals surface area contributed by atoms with Crippen molar-refractivity contribution in [3.63, 3.8) is 0 Å². The third-order valence-corrected chi connectivity index (χ3v) is 2.45. The minimum absolute atomic E-state index is 0.795. The van der Waals surface area contributed by atoms with Crippen LogP contribution in [-0.4, -0.2) is 6.54 Å². The number of nitrogens with one attached hydrogen (secondary N) is 1. The van der Waals surface area contributed by atoms with Gasteiger partial charge in [0, 0.05) is 6.54 Å². The molecule has 1 aromatic carbocycles. The lowest BCUT2D eigenvalue weighted by atomic mass is 10.1. The molecule has 0 heterocycles. The van der Waals surface area contributed by atoms with Gasteiger partial charge in [-0.05, 0) is 24.4 Å². The molecule has 1 atom stereocenters. The summed E-state index contributed by atoms with van der Waals surface area (Å²) in [5, 5.41) is 3.49. The van der Waals surface area contributed by atoms with Gasteiger partial charge < -0.3 is 5.32 Å². The number of benzene rings is 1. The normalized spacial score (nSPS) is 12.7. The summed E-state index contributed by atoms with van der Waals surface area (Å²) in [5.41, 5.74) is 1.37. The van der Waals surface area contributed by atoms with Crippen molar-refractivity contribution in [3.8, 4) is 0 Å². The van der Waals surface area contributed by atoms with Crippen molar-refractivity contribution in [1.82, 2.24) is 5.32 Å². The van der Waals surface area contributed by atoms with E-state index < -0.39 is 0 Å². The molecule has 0 saturated heterocycles. The van der Waals surface area contributed by atoms with Gasteiger partial charge in [0.05, 0.1) is 0 Å². The van der Waals surface area contributed by atoms with Crippen molar-refractivity contribution in [2.45, 2.75) is 33.2 Å². The second-order valence-electron chi connectivity index (χ2n) is 4.01. The Balaban J connectivity index is 2.16. The summed E-state index contributed by atoms with van der Waals surface area (Å²) in [7, 11) is 0. The van der Waals surface area contributed by atoms with E-state index in [1.54, 1.807) is 0 Å². The van der Waals surface area contributed by atoms with Crippen LogP contribution in [0.15, 0.2) is 30.3 Å². The van der Waals surface area contributed by atoms with E-state index in [2.05, 4.69) is 49.5 Å². The summed E-state index contributed by atoms with van der Waals surface area (Å²) >= 11 is 0. The molecule has 0 spiro atoms. The molecule has 0 aromatic heterocycles. The third-order valence-electron chi connectivity index (χ3n) is 2.45. The van der Waals surface area contributed by atoms with E-state index in [0.717, 1.165) is 19.0 Å². The van der Waals surface area contributed by atoms with E-state index in [9.17, 15) is 0 Å². The summed E-state index contributed by atoms with van der Waals surface area (Å²) in [6, 6.07) is 10.6. The fourth-order valence-corrected chi connectivity index (χ4v) is 1.65. The first-order valence-corrected chi connectivity index (χ1v) is 5.57. The molecule has 1 unspecified atom stereocenters. The van der Waals surface area contributed by atoms with Gasteiger partial charge in [0.2, 0.25) is 0 Å². The highest BCUT2D eigenvalue weighted by molar-refractivity contribution is 5.14. The Hall–Kier alpha value is -0.820. The predicted molar refractivity (Wildman–Crippen MR) is 62.2 cm³/mol. The van der Waals surface area contributed by atoms with Gasteiger partial charge in [0.1, 0.15) is 0 Å². The highest BCUT2D eigenvalue weighted by atomic mass is 14.8. The third kappa shape index (κ3) is 4.43. The van der Waals surface area contributed by atoms with Crippen LogP contribution in [0.3, 0.4) is 0 Å². The molecular weight excluding hydrogens is 170 g/mol. The van der Waals surface area contributed by atoms with Crippen LogP contribution in [-0.2, 0) is 6.54 Å². The summed E-state index contributed by atoms with van der Waals surface area (Å²) in [6.07, 6.45) is 2.61. The van der Waals surface area contributed by atoms with Crippen LogP contribution in [0.5, 0.6) is 0 Å². The fourth-order valence-electron chi connectivity index (χ4n) is 1.65. The van der Waals surface area contributed by atoms with Gasteiger partial charge in [0.15, 0.2) is 0 Å². The van der Waals surface area contributed by atoms with Crippen LogP contribution in [0, 0.1) is 5.92 Å². The summed E-state index contributed by atoms with van der Waals surface area (Å²) in [6.45, 7) is 6.67. The lowest BCUT2D eigenvalue weighted by Crippen LogP contribution is -2.20. The van der Waals surface area contributed by atoms with Crippen LogP contribution in [0.1, 0.15) is 32.3 Å². The highest BCUT2D eigenvalue weighted by Crippen LogP contribution is 2.03. The van der Waals surface area contributed by atoms with E-state index in [1.165, 1.54) is 18.4 Å². The highest BCUT2D eigenvalue weighted by Gasteiger charge is 1.99. The van der Waals surface area contributed by atoms with Crippen LogP contribution in [0.2, 0.25) is 0 Å². The lowest BCUT2D eigenvalue weighted by Gasteiger charge is -2.11. The van der Waals surface area contributed by atoms with E-state index in [1.807, 2.05) is 0 Å². The number of hydrogen-bond acceptors (Lipinski definition) is 1. The first-order chi connectivity index (χ1) is 6.83. The molecule has 78 valence electrons. The molecule has 0 aliphatic carbocycles. The summed E-state index contributed by atoms with van der Waals surface area (Å²) in [4.78, 5) is 0. The first-order valence-electron chi connectivity index (χ1n) is 5.57. The maximum atomic E-state index is 3.49. The topological polar surface area (TPSA) is 12.0 Å². The average molecular weight is 191 g/mol. The lowest BCUT2D eigenvalue weighted by molar-refractivity contribution is 0.476. The predicted octanol–water partition coefficient (Wildman–Crippen LogP) is 3.21. The molecule has 1 nitrogen and oxygen atoms in total. The summed E-state index contributed by atoms with van der Waals surface area (Å²) in [5.74, 6) is 0.795. The van der Waals surface area contributed by atoms with Gasteiger partial charge in [-0.2, -0.15) is 0 Å². The van der Waals surface area contributed by atoms with Crippen LogP contribution in [0.25, 0.3) is 0 Å². The Morgan fingerprint density at radius 2 is 1.93 bits per heavy atom. The van der Waals surface area contributed by atoms with E-state index in [4.69, 9.17) is 0 Å². The monoisotopic (exact) mass is 191 g/mol. The van der Waals surface area contributed by atoms with Crippen molar-refractivity contribution in [2.75, 3.05) is 6.54 Å². The quantitative estimate of drug-likeness (QED) is 0.728. The van der Waals surface area contributed by atoms with E-state index in [0.29, 0.717) is 0 Å². The average Bonchev–Trinajstić information content (AvgIpc) is 2.20. The van der Waals surface area contributed by atoms with Crippen LogP contribution in [0.4, 0.5) is 0 Å². The van der Waals surface area contributed by atoms with Gasteiger partial charge in [0.25, 0.3) is 0 Å². The Morgan fingerprint density at radius 3 is 2.57 bits per heavy atom.